The van der Waals surface area contributed by atoms with Gasteiger partial charge in [-0.1, -0.05) is 17.3 Å². The standard InChI is InChI=1S/C12H13FN4/c13-10-7-2-1-6-9(10)11-12(14)17(16-15-11)8-4-3-5-8/h1-2,6-8H,3-5,14H2. The summed E-state index contributed by atoms with van der Waals surface area (Å²) in [5.74, 6) is 0.139. The minimum Gasteiger partial charge on any atom is -0.382 e. The van der Waals surface area contributed by atoms with Crippen molar-refractivity contribution >= 4 is 5.82 Å². The van der Waals surface area contributed by atoms with Crippen LogP contribution in [0.25, 0.3) is 11.3 Å². The van der Waals surface area contributed by atoms with E-state index in [0.29, 0.717) is 23.1 Å². The zero-order valence-corrected chi connectivity index (χ0v) is 9.31. The highest BCUT2D eigenvalue weighted by Gasteiger charge is 2.25. The van der Waals surface area contributed by atoms with Gasteiger partial charge in [-0.2, -0.15) is 0 Å². The average molecular weight is 232 g/mol. The Balaban J connectivity index is 2.04. The fourth-order valence-corrected chi connectivity index (χ4v) is 2.05. The van der Waals surface area contributed by atoms with E-state index in [-0.39, 0.29) is 5.82 Å². The second-order valence-corrected chi connectivity index (χ2v) is 4.33. The first kappa shape index (κ1) is 10.3. The third kappa shape index (κ3) is 1.58. The Bertz CT molecular complexity index is 545. The van der Waals surface area contributed by atoms with E-state index in [0.717, 1.165) is 12.8 Å². The summed E-state index contributed by atoms with van der Waals surface area (Å²) in [6, 6.07) is 6.81. The van der Waals surface area contributed by atoms with Crippen molar-refractivity contribution in [1.82, 2.24) is 15.0 Å². The van der Waals surface area contributed by atoms with Crippen molar-refractivity contribution in [1.29, 1.82) is 0 Å². The van der Waals surface area contributed by atoms with Crippen LogP contribution < -0.4 is 5.73 Å². The molecular weight excluding hydrogens is 219 g/mol. The maximum atomic E-state index is 13.6. The summed E-state index contributed by atoms with van der Waals surface area (Å²) in [5, 5.41) is 8.03. The van der Waals surface area contributed by atoms with Crippen molar-refractivity contribution in [3.63, 3.8) is 0 Å². The molecule has 0 bridgehead atoms. The van der Waals surface area contributed by atoms with E-state index in [9.17, 15) is 4.39 Å². The Morgan fingerprint density at radius 2 is 2.06 bits per heavy atom. The van der Waals surface area contributed by atoms with Crippen LogP contribution in [0, 0.1) is 5.82 Å². The van der Waals surface area contributed by atoms with Gasteiger partial charge >= 0.3 is 0 Å². The number of aromatic nitrogens is 3. The molecule has 2 N–H and O–H groups in total. The largest absolute Gasteiger partial charge is 0.382 e. The van der Waals surface area contributed by atoms with Gasteiger partial charge in [0.25, 0.3) is 0 Å². The molecule has 0 unspecified atom stereocenters. The Hall–Kier alpha value is -1.91. The van der Waals surface area contributed by atoms with Crippen LogP contribution in [0.3, 0.4) is 0 Å². The van der Waals surface area contributed by atoms with Crippen LogP contribution in [-0.2, 0) is 0 Å². The molecule has 3 rings (SSSR count). The summed E-state index contributed by atoms with van der Waals surface area (Å²) in [6.45, 7) is 0. The lowest BCUT2D eigenvalue weighted by Crippen LogP contribution is -2.19. The molecule has 2 aromatic rings. The van der Waals surface area contributed by atoms with Gasteiger partial charge in [-0.05, 0) is 31.4 Å². The summed E-state index contributed by atoms with van der Waals surface area (Å²) < 4.78 is 15.3. The Morgan fingerprint density at radius 3 is 2.71 bits per heavy atom. The number of nitrogens with zero attached hydrogens (tertiary/aromatic N) is 3. The molecule has 1 heterocycles. The van der Waals surface area contributed by atoms with Crippen molar-refractivity contribution in [3.8, 4) is 11.3 Å². The molecule has 17 heavy (non-hydrogen) atoms. The first-order valence-electron chi connectivity index (χ1n) is 5.73. The van der Waals surface area contributed by atoms with E-state index < -0.39 is 0 Å². The number of anilines is 1. The average Bonchev–Trinajstić information content (AvgIpc) is 2.60. The molecule has 4 nitrogen and oxygen atoms in total. The van der Waals surface area contributed by atoms with E-state index in [1.807, 2.05) is 0 Å². The molecule has 1 aromatic heterocycles. The van der Waals surface area contributed by atoms with Crippen LogP contribution >= 0.6 is 0 Å². The predicted molar refractivity (Wildman–Crippen MR) is 62.7 cm³/mol. The quantitative estimate of drug-likeness (QED) is 0.864. The van der Waals surface area contributed by atoms with E-state index in [1.54, 1.807) is 22.9 Å². The number of halogens is 1. The van der Waals surface area contributed by atoms with E-state index >= 15 is 0 Å². The number of rotatable bonds is 2. The topological polar surface area (TPSA) is 56.7 Å². The lowest BCUT2D eigenvalue weighted by atomic mass is 9.93. The summed E-state index contributed by atoms with van der Waals surface area (Å²) in [4.78, 5) is 0. The minimum absolute atomic E-state index is 0.320. The molecule has 0 radical (unpaired) electrons. The molecule has 0 spiro atoms. The van der Waals surface area contributed by atoms with Crippen molar-refractivity contribution in [2.24, 2.45) is 0 Å². The summed E-state index contributed by atoms with van der Waals surface area (Å²) in [5.41, 5.74) is 6.84. The van der Waals surface area contributed by atoms with Gasteiger partial charge in [-0.25, -0.2) is 9.07 Å². The van der Waals surface area contributed by atoms with Gasteiger partial charge in [-0.3, -0.25) is 0 Å². The van der Waals surface area contributed by atoms with Crippen LogP contribution in [0.2, 0.25) is 0 Å². The highest BCUT2D eigenvalue weighted by atomic mass is 19.1. The number of benzene rings is 1. The van der Waals surface area contributed by atoms with Crippen LogP contribution in [-0.4, -0.2) is 15.0 Å². The monoisotopic (exact) mass is 232 g/mol. The number of nitrogens with two attached hydrogens (primary N) is 1. The van der Waals surface area contributed by atoms with E-state index in [4.69, 9.17) is 5.73 Å². The smallest absolute Gasteiger partial charge is 0.150 e. The van der Waals surface area contributed by atoms with Crippen LogP contribution in [0.5, 0.6) is 0 Å². The molecule has 1 saturated carbocycles. The lowest BCUT2D eigenvalue weighted by molar-refractivity contribution is 0.288. The van der Waals surface area contributed by atoms with Gasteiger partial charge in [0.2, 0.25) is 0 Å². The highest BCUT2D eigenvalue weighted by Crippen LogP contribution is 2.35. The molecule has 0 aliphatic heterocycles. The molecule has 1 fully saturated rings. The summed E-state index contributed by atoms with van der Waals surface area (Å²) in [6.07, 6.45) is 3.34. The third-order valence-electron chi connectivity index (χ3n) is 3.28. The normalized spacial score (nSPS) is 15.8. The molecule has 5 heteroatoms. The maximum Gasteiger partial charge on any atom is 0.150 e. The summed E-state index contributed by atoms with van der Waals surface area (Å²) >= 11 is 0. The Kier molecular flexibility index (Phi) is 2.31. The van der Waals surface area contributed by atoms with Crippen molar-refractivity contribution < 1.29 is 4.39 Å². The van der Waals surface area contributed by atoms with Gasteiger partial charge < -0.3 is 5.73 Å². The van der Waals surface area contributed by atoms with E-state index in [1.165, 1.54) is 12.5 Å². The molecule has 0 saturated heterocycles. The number of hydrogen-bond donors (Lipinski definition) is 1. The van der Waals surface area contributed by atoms with Gasteiger partial charge in [0.15, 0.2) is 5.82 Å². The first-order valence-corrected chi connectivity index (χ1v) is 5.73. The van der Waals surface area contributed by atoms with Gasteiger partial charge in [0, 0.05) is 5.56 Å². The molecule has 1 aliphatic rings. The maximum absolute atomic E-state index is 13.6. The second-order valence-electron chi connectivity index (χ2n) is 4.33. The van der Waals surface area contributed by atoms with Crippen LogP contribution in [0.4, 0.5) is 10.2 Å². The molecule has 0 atom stereocenters. The van der Waals surface area contributed by atoms with Crippen molar-refractivity contribution in [2.45, 2.75) is 25.3 Å². The third-order valence-corrected chi connectivity index (χ3v) is 3.28. The number of hydrogen-bond acceptors (Lipinski definition) is 3. The fourth-order valence-electron chi connectivity index (χ4n) is 2.05. The zero-order valence-electron chi connectivity index (χ0n) is 9.31. The van der Waals surface area contributed by atoms with E-state index in [2.05, 4.69) is 10.3 Å². The van der Waals surface area contributed by atoms with Crippen LogP contribution in [0.15, 0.2) is 24.3 Å². The van der Waals surface area contributed by atoms with Gasteiger partial charge in [-0.15, -0.1) is 5.10 Å². The van der Waals surface area contributed by atoms with Crippen molar-refractivity contribution in [3.05, 3.63) is 30.1 Å². The highest BCUT2D eigenvalue weighted by molar-refractivity contribution is 5.70. The van der Waals surface area contributed by atoms with Crippen LogP contribution in [0.1, 0.15) is 25.3 Å². The van der Waals surface area contributed by atoms with Crippen molar-refractivity contribution in [2.75, 3.05) is 5.73 Å². The Labute approximate surface area is 98.2 Å². The molecule has 1 aromatic carbocycles. The molecule has 88 valence electrons. The zero-order chi connectivity index (χ0) is 11.8. The molecular formula is C12H13FN4. The predicted octanol–water partition coefficient (Wildman–Crippen LogP) is 2.39. The van der Waals surface area contributed by atoms with Gasteiger partial charge in [0.1, 0.15) is 11.5 Å². The fraction of sp³-hybridized carbons (Fsp3) is 0.333. The first-order chi connectivity index (χ1) is 8.27. The second kappa shape index (κ2) is 3.84. The molecule has 1 aliphatic carbocycles. The Morgan fingerprint density at radius 1 is 1.29 bits per heavy atom. The minimum atomic E-state index is -0.320. The SMILES string of the molecule is Nc1c(-c2ccccc2F)nnn1C1CCC1. The summed E-state index contributed by atoms with van der Waals surface area (Å²) in [7, 11) is 0. The molecule has 0 amide bonds. The lowest BCUT2D eigenvalue weighted by Gasteiger charge is -2.25. The van der Waals surface area contributed by atoms with Gasteiger partial charge in [0.05, 0.1) is 6.04 Å². The number of nitrogen functional groups attached to an aromatic ring is 1.